The van der Waals surface area contributed by atoms with Crippen molar-refractivity contribution in [2.24, 2.45) is 0 Å². The Morgan fingerprint density at radius 3 is 2.79 bits per heavy atom. The van der Waals surface area contributed by atoms with Gasteiger partial charge in [0.25, 0.3) is 0 Å². The van der Waals surface area contributed by atoms with Crippen molar-refractivity contribution >= 4 is 11.6 Å². The van der Waals surface area contributed by atoms with Crippen molar-refractivity contribution in [3.8, 4) is 5.69 Å². The smallest absolute Gasteiger partial charge is 0.112 e. The molecule has 0 aliphatic heterocycles. The molecule has 0 atom stereocenters. The third-order valence-electron chi connectivity index (χ3n) is 3.16. The number of aryl methyl sites for hydroxylation is 1. The van der Waals surface area contributed by atoms with Crippen LogP contribution in [-0.4, -0.2) is 20.1 Å². The largest absolute Gasteiger partial charge is 0.390 e. The van der Waals surface area contributed by atoms with E-state index in [4.69, 9.17) is 11.6 Å². The van der Waals surface area contributed by atoms with Crippen LogP contribution in [0.25, 0.3) is 5.69 Å². The molecular weight excluding hydrogens is 262 g/mol. The van der Waals surface area contributed by atoms with Crippen molar-refractivity contribution in [1.82, 2.24) is 15.0 Å². The second kappa shape index (κ2) is 6.17. The molecule has 1 aromatic heterocycles. The third kappa shape index (κ3) is 2.96. The molecule has 19 heavy (non-hydrogen) atoms. The molecule has 0 bridgehead atoms. The van der Waals surface area contributed by atoms with Crippen molar-refractivity contribution < 1.29 is 5.11 Å². The van der Waals surface area contributed by atoms with Gasteiger partial charge in [-0.15, -0.1) is 5.10 Å². The summed E-state index contributed by atoms with van der Waals surface area (Å²) in [6.07, 6.45) is 2.98. The van der Waals surface area contributed by atoms with Crippen LogP contribution in [0.5, 0.6) is 0 Å². The molecule has 2 rings (SSSR count). The third-order valence-corrected chi connectivity index (χ3v) is 3.57. The van der Waals surface area contributed by atoms with Gasteiger partial charge < -0.3 is 5.11 Å². The molecule has 1 aromatic carbocycles. The maximum absolute atomic E-state index is 9.33. The average Bonchev–Trinajstić information content (AvgIpc) is 2.82. The highest BCUT2D eigenvalue weighted by Crippen LogP contribution is 2.21. The van der Waals surface area contributed by atoms with E-state index in [1.54, 1.807) is 4.68 Å². The topological polar surface area (TPSA) is 50.9 Å². The zero-order chi connectivity index (χ0) is 13.8. The summed E-state index contributed by atoms with van der Waals surface area (Å²) in [5.74, 6) is 0. The molecule has 0 aliphatic carbocycles. The predicted octanol–water partition coefficient (Wildman–Crippen LogP) is 3.06. The standard InChI is InChI=1S/C14H18ClN3O/c1-3-4-5-14-13(9-19)16-17-18(14)11-7-6-10(2)12(15)8-11/h6-8,19H,3-5,9H2,1-2H3. The SMILES string of the molecule is CCCCc1c(CO)nnn1-c1ccc(C)c(Cl)c1. The fourth-order valence-corrected chi connectivity index (χ4v) is 2.15. The van der Waals surface area contributed by atoms with Crippen LogP contribution in [0.4, 0.5) is 0 Å². The predicted molar refractivity (Wildman–Crippen MR) is 75.6 cm³/mol. The van der Waals surface area contributed by atoms with Gasteiger partial charge in [-0.05, 0) is 37.5 Å². The highest BCUT2D eigenvalue weighted by molar-refractivity contribution is 6.31. The summed E-state index contributed by atoms with van der Waals surface area (Å²) in [6.45, 7) is 4.01. The summed E-state index contributed by atoms with van der Waals surface area (Å²) in [5.41, 5.74) is 3.52. The highest BCUT2D eigenvalue weighted by Gasteiger charge is 2.13. The van der Waals surface area contributed by atoms with E-state index in [9.17, 15) is 5.11 Å². The van der Waals surface area contributed by atoms with E-state index in [0.29, 0.717) is 10.7 Å². The van der Waals surface area contributed by atoms with E-state index in [1.807, 2.05) is 25.1 Å². The lowest BCUT2D eigenvalue weighted by Crippen LogP contribution is -2.04. The molecule has 5 heteroatoms. The van der Waals surface area contributed by atoms with Gasteiger partial charge in [-0.3, -0.25) is 0 Å². The lowest BCUT2D eigenvalue weighted by atomic mass is 10.1. The number of aliphatic hydroxyl groups excluding tert-OH is 1. The molecular formula is C14H18ClN3O. The first-order valence-corrected chi connectivity index (χ1v) is 6.86. The Kier molecular flexibility index (Phi) is 4.56. The van der Waals surface area contributed by atoms with Crippen LogP contribution < -0.4 is 0 Å². The van der Waals surface area contributed by atoms with Gasteiger partial charge in [0.1, 0.15) is 5.69 Å². The average molecular weight is 280 g/mol. The number of unbranched alkanes of at least 4 members (excludes halogenated alkanes) is 1. The van der Waals surface area contributed by atoms with Crippen molar-refractivity contribution in [3.05, 3.63) is 40.2 Å². The Morgan fingerprint density at radius 2 is 2.16 bits per heavy atom. The van der Waals surface area contributed by atoms with Crippen LogP contribution in [0.2, 0.25) is 5.02 Å². The molecule has 102 valence electrons. The summed E-state index contributed by atoms with van der Waals surface area (Å²) in [6, 6.07) is 5.80. The fourth-order valence-electron chi connectivity index (χ4n) is 1.97. The zero-order valence-corrected chi connectivity index (χ0v) is 12.0. The minimum absolute atomic E-state index is 0.0847. The molecule has 0 spiro atoms. The first-order valence-electron chi connectivity index (χ1n) is 6.48. The lowest BCUT2D eigenvalue weighted by Gasteiger charge is -2.08. The van der Waals surface area contributed by atoms with Crippen molar-refractivity contribution in [2.45, 2.75) is 39.7 Å². The minimum Gasteiger partial charge on any atom is -0.390 e. The second-order valence-electron chi connectivity index (χ2n) is 4.59. The van der Waals surface area contributed by atoms with E-state index in [0.717, 1.165) is 36.2 Å². The number of hydrogen-bond donors (Lipinski definition) is 1. The molecule has 0 unspecified atom stereocenters. The fraction of sp³-hybridized carbons (Fsp3) is 0.429. The number of hydrogen-bond acceptors (Lipinski definition) is 3. The maximum Gasteiger partial charge on any atom is 0.112 e. The Bertz CT molecular complexity index is 566. The number of aromatic nitrogens is 3. The van der Waals surface area contributed by atoms with Crippen LogP contribution in [0.3, 0.4) is 0 Å². The van der Waals surface area contributed by atoms with E-state index in [1.165, 1.54) is 0 Å². The normalized spacial score (nSPS) is 10.9. The Labute approximate surface area is 118 Å². The van der Waals surface area contributed by atoms with Crippen LogP contribution in [0.1, 0.15) is 36.7 Å². The van der Waals surface area contributed by atoms with E-state index < -0.39 is 0 Å². The van der Waals surface area contributed by atoms with E-state index in [2.05, 4.69) is 17.2 Å². The zero-order valence-electron chi connectivity index (χ0n) is 11.2. The van der Waals surface area contributed by atoms with Crippen LogP contribution in [-0.2, 0) is 13.0 Å². The molecule has 0 radical (unpaired) electrons. The van der Waals surface area contributed by atoms with Crippen LogP contribution in [0, 0.1) is 6.92 Å². The molecule has 0 aliphatic rings. The highest BCUT2D eigenvalue weighted by atomic mass is 35.5. The summed E-state index contributed by atoms with van der Waals surface area (Å²) in [5, 5.41) is 18.2. The molecule has 0 fully saturated rings. The minimum atomic E-state index is -0.0847. The van der Waals surface area contributed by atoms with Gasteiger partial charge in [0, 0.05) is 5.02 Å². The summed E-state index contributed by atoms with van der Waals surface area (Å²) in [4.78, 5) is 0. The number of halogens is 1. The molecule has 1 heterocycles. The quantitative estimate of drug-likeness (QED) is 0.915. The van der Waals surface area contributed by atoms with Gasteiger partial charge in [-0.25, -0.2) is 4.68 Å². The van der Waals surface area contributed by atoms with Crippen molar-refractivity contribution in [1.29, 1.82) is 0 Å². The van der Waals surface area contributed by atoms with Gasteiger partial charge in [0.2, 0.25) is 0 Å². The van der Waals surface area contributed by atoms with Gasteiger partial charge in [0.15, 0.2) is 0 Å². The number of nitrogens with zero attached hydrogens (tertiary/aromatic N) is 3. The monoisotopic (exact) mass is 279 g/mol. The van der Waals surface area contributed by atoms with Gasteiger partial charge >= 0.3 is 0 Å². The first kappa shape index (κ1) is 14.0. The molecule has 1 N–H and O–H groups in total. The summed E-state index contributed by atoms with van der Waals surface area (Å²) < 4.78 is 1.77. The second-order valence-corrected chi connectivity index (χ2v) is 5.00. The van der Waals surface area contributed by atoms with Gasteiger partial charge in [-0.2, -0.15) is 0 Å². The Morgan fingerprint density at radius 1 is 1.37 bits per heavy atom. The van der Waals surface area contributed by atoms with Crippen LogP contribution in [0.15, 0.2) is 18.2 Å². The van der Waals surface area contributed by atoms with Gasteiger partial charge in [0.05, 0.1) is 18.0 Å². The molecule has 0 saturated carbocycles. The van der Waals surface area contributed by atoms with Crippen molar-refractivity contribution in [3.63, 3.8) is 0 Å². The summed E-state index contributed by atoms with van der Waals surface area (Å²) in [7, 11) is 0. The number of rotatable bonds is 5. The summed E-state index contributed by atoms with van der Waals surface area (Å²) >= 11 is 6.15. The number of benzene rings is 1. The van der Waals surface area contributed by atoms with E-state index >= 15 is 0 Å². The van der Waals surface area contributed by atoms with Crippen molar-refractivity contribution in [2.75, 3.05) is 0 Å². The lowest BCUT2D eigenvalue weighted by molar-refractivity contribution is 0.275. The molecule has 0 amide bonds. The molecule has 0 saturated heterocycles. The molecule has 4 nitrogen and oxygen atoms in total. The van der Waals surface area contributed by atoms with E-state index in [-0.39, 0.29) is 6.61 Å². The van der Waals surface area contributed by atoms with Gasteiger partial charge in [-0.1, -0.05) is 36.2 Å². The Hall–Kier alpha value is -1.39. The molecule has 2 aromatic rings. The first-order chi connectivity index (χ1) is 9.17. The Balaban J connectivity index is 2.42. The maximum atomic E-state index is 9.33. The number of aliphatic hydroxyl groups is 1. The van der Waals surface area contributed by atoms with Crippen LogP contribution >= 0.6 is 11.6 Å².